The number of phenolic OH excluding ortho intramolecular Hbond substituents is 1. The summed E-state index contributed by atoms with van der Waals surface area (Å²) in [5, 5.41) is 13.5. The molecule has 0 amide bonds. The van der Waals surface area contributed by atoms with E-state index in [0.29, 0.717) is 11.1 Å². The van der Waals surface area contributed by atoms with Gasteiger partial charge in [0, 0.05) is 22.8 Å². The number of rotatable bonds is 4. The predicted molar refractivity (Wildman–Crippen MR) is 99.4 cm³/mol. The molecule has 0 atom stereocenters. The van der Waals surface area contributed by atoms with Crippen LogP contribution < -0.4 is 11.1 Å². The van der Waals surface area contributed by atoms with E-state index in [1.807, 2.05) is 0 Å². The van der Waals surface area contributed by atoms with Crippen molar-refractivity contribution in [2.45, 2.75) is 9.79 Å². The molecule has 0 spiro atoms. The van der Waals surface area contributed by atoms with Crippen LogP contribution in [0.2, 0.25) is 0 Å². The lowest BCUT2D eigenvalue weighted by atomic mass is 10.1. The van der Waals surface area contributed by atoms with Crippen LogP contribution in [0.4, 0.5) is 17.1 Å². The molecular formula is C16H14N2O7S2. The molecule has 9 nitrogen and oxygen atoms in total. The summed E-state index contributed by atoms with van der Waals surface area (Å²) in [6.07, 6.45) is 0. The zero-order chi connectivity index (χ0) is 20.0. The third kappa shape index (κ3) is 3.95. The molecule has 0 unspecified atom stereocenters. The molecule has 0 saturated carbocycles. The van der Waals surface area contributed by atoms with Gasteiger partial charge in [0.05, 0.1) is 10.6 Å². The SMILES string of the molecule is Nc1ccc(Nc2ccc3cc(S(=O)(=O)O)cc(O)c3c2)c(S(=O)(=O)O)c1. The Morgan fingerprint density at radius 2 is 1.56 bits per heavy atom. The summed E-state index contributed by atoms with van der Waals surface area (Å²) in [6, 6.07) is 10.4. The van der Waals surface area contributed by atoms with Gasteiger partial charge in [0.15, 0.2) is 0 Å². The van der Waals surface area contributed by atoms with Crippen molar-refractivity contribution in [3.05, 3.63) is 48.5 Å². The number of nitrogen functional groups attached to an aromatic ring is 1. The van der Waals surface area contributed by atoms with E-state index in [0.717, 1.165) is 12.1 Å². The number of phenols is 1. The van der Waals surface area contributed by atoms with Gasteiger partial charge in [-0.3, -0.25) is 9.11 Å². The molecule has 0 aromatic heterocycles. The first-order valence-electron chi connectivity index (χ1n) is 7.33. The molecule has 0 saturated heterocycles. The second-order valence-electron chi connectivity index (χ2n) is 5.71. The van der Waals surface area contributed by atoms with Gasteiger partial charge in [-0.25, -0.2) is 0 Å². The Kier molecular flexibility index (Phi) is 4.48. The Bertz CT molecular complexity index is 1270. The molecule has 0 aliphatic heterocycles. The van der Waals surface area contributed by atoms with E-state index in [1.54, 1.807) is 0 Å². The molecule has 3 aromatic rings. The van der Waals surface area contributed by atoms with E-state index in [-0.39, 0.29) is 16.8 Å². The average molecular weight is 410 g/mol. The zero-order valence-corrected chi connectivity index (χ0v) is 15.1. The molecule has 0 aliphatic rings. The van der Waals surface area contributed by atoms with Crippen LogP contribution in [0.5, 0.6) is 5.75 Å². The smallest absolute Gasteiger partial charge is 0.296 e. The van der Waals surface area contributed by atoms with Crippen molar-refractivity contribution in [3.63, 3.8) is 0 Å². The Hall–Kier alpha value is -2.86. The Morgan fingerprint density at radius 1 is 0.852 bits per heavy atom. The molecular weight excluding hydrogens is 396 g/mol. The number of anilines is 3. The van der Waals surface area contributed by atoms with Crippen molar-refractivity contribution in [1.82, 2.24) is 0 Å². The monoisotopic (exact) mass is 410 g/mol. The standard InChI is InChI=1S/C16H14N2O7S2/c17-10-2-4-14(16(6-10)27(23,24)25)18-11-3-1-9-5-12(26(20,21)22)8-15(19)13(9)7-11/h1-8,18-19H,17H2,(H,20,21,22)(H,23,24,25). The normalized spacial score (nSPS) is 12.2. The van der Waals surface area contributed by atoms with E-state index in [2.05, 4.69) is 5.32 Å². The number of hydrogen-bond acceptors (Lipinski definition) is 7. The van der Waals surface area contributed by atoms with Crippen molar-refractivity contribution in [2.24, 2.45) is 0 Å². The highest BCUT2D eigenvalue weighted by atomic mass is 32.2. The highest BCUT2D eigenvalue weighted by Gasteiger charge is 2.17. The summed E-state index contributed by atoms with van der Waals surface area (Å²) in [5.41, 5.74) is 6.11. The number of fused-ring (bicyclic) bond motifs is 1. The van der Waals surface area contributed by atoms with Gasteiger partial charge < -0.3 is 16.2 Å². The van der Waals surface area contributed by atoms with Gasteiger partial charge >= 0.3 is 0 Å². The maximum Gasteiger partial charge on any atom is 0.296 e. The van der Waals surface area contributed by atoms with E-state index < -0.39 is 35.8 Å². The van der Waals surface area contributed by atoms with Crippen LogP contribution in [0.25, 0.3) is 10.8 Å². The van der Waals surface area contributed by atoms with E-state index in [1.165, 1.54) is 36.4 Å². The van der Waals surface area contributed by atoms with Gasteiger partial charge in [0.2, 0.25) is 0 Å². The Balaban J connectivity index is 2.09. The van der Waals surface area contributed by atoms with Crippen molar-refractivity contribution in [3.8, 4) is 5.75 Å². The molecule has 11 heteroatoms. The molecule has 0 heterocycles. The highest BCUT2D eigenvalue weighted by molar-refractivity contribution is 7.86. The van der Waals surface area contributed by atoms with Gasteiger partial charge in [-0.15, -0.1) is 0 Å². The van der Waals surface area contributed by atoms with Crippen LogP contribution in [-0.4, -0.2) is 31.0 Å². The number of benzene rings is 3. The van der Waals surface area contributed by atoms with Crippen LogP contribution in [-0.2, 0) is 20.2 Å². The summed E-state index contributed by atoms with van der Waals surface area (Å²) in [7, 11) is -9.02. The van der Waals surface area contributed by atoms with Gasteiger partial charge in [0.1, 0.15) is 10.6 Å². The summed E-state index contributed by atoms with van der Waals surface area (Å²) in [4.78, 5) is -0.881. The van der Waals surface area contributed by atoms with E-state index in [9.17, 15) is 26.5 Å². The second kappa shape index (κ2) is 6.39. The van der Waals surface area contributed by atoms with Crippen LogP contribution in [0.3, 0.4) is 0 Å². The van der Waals surface area contributed by atoms with Crippen LogP contribution >= 0.6 is 0 Å². The maximum atomic E-state index is 11.5. The van der Waals surface area contributed by atoms with Crippen LogP contribution in [0.15, 0.2) is 58.3 Å². The molecule has 142 valence electrons. The zero-order valence-electron chi connectivity index (χ0n) is 13.5. The molecule has 0 fully saturated rings. The fraction of sp³-hybridized carbons (Fsp3) is 0. The fourth-order valence-electron chi connectivity index (χ4n) is 2.55. The molecule has 6 N–H and O–H groups in total. The van der Waals surface area contributed by atoms with Crippen molar-refractivity contribution >= 4 is 48.1 Å². The van der Waals surface area contributed by atoms with Crippen molar-refractivity contribution in [1.29, 1.82) is 0 Å². The third-order valence-electron chi connectivity index (χ3n) is 3.77. The minimum atomic E-state index is -4.54. The molecule has 27 heavy (non-hydrogen) atoms. The second-order valence-corrected chi connectivity index (χ2v) is 8.52. The number of hydrogen-bond donors (Lipinski definition) is 5. The Labute approximate surface area is 154 Å². The van der Waals surface area contributed by atoms with Crippen molar-refractivity contribution in [2.75, 3.05) is 11.1 Å². The first-order chi connectivity index (χ1) is 12.4. The summed E-state index contributed by atoms with van der Waals surface area (Å²) in [6.45, 7) is 0. The first kappa shape index (κ1) is 18.9. The molecule has 0 bridgehead atoms. The molecule has 0 aliphatic carbocycles. The number of aromatic hydroxyl groups is 1. The van der Waals surface area contributed by atoms with Crippen molar-refractivity contribution < 1.29 is 31.0 Å². The minimum absolute atomic E-state index is 0.0556. The summed E-state index contributed by atoms with van der Waals surface area (Å²) in [5.74, 6) is -0.393. The summed E-state index contributed by atoms with van der Waals surface area (Å²) < 4.78 is 64.0. The first-order valence-corrected chi connectivity index (χ1v) is 10.2. The minimum Gasteiger partial charge on any atom is -0.507 e. The number of nitrogens with one attached hydrogen (secondary N) is 1. The van der Waals surface area contributed by atoms with Gasteiger partial charge in [0.25, 0.3) is 20.2 Å². The lowest BCUT2D eigenvalue weighted by Gasteiger charge is -2.12. The summed E-state index contributed by atoms with van der Waals surface area (Å²) >= 11 is 0. The van der Waals surface area contributed by atoms with E-state index >= 15 is 0 Å². The van der Waals surface area contributed by atoms with Crippen LogP contribution in [0.1, 0.15) is 0 Å². The molecule has 0 radical (unpaired) electrons. The fourth-order valence-corrected chi connectivity index (χ4v) is 3.77. The van der Waals surface area contributed by atoms with Crippen LogP contribution in [0, 0.1) is 0 Å². The topological polar surface area (TPSA) is 167 Å². The third-order valence-corrected chi connectivity index (χ3v) is 5.49. The molecule has 3 aromatic carbocycles. The van der Waals surface area contributed by atoms with Gasteiger partial charge in [-0.1, -0.05) is 6.07 Å². The maximum absolute atomic E-state index is 11.5. The average Bonchev–Trinajstić information content (AvgIpc) is 2.55. The molecule has 3 rings (SSSR count). The predicted octanol–water partition coefficient (Wildman–Crippen LogP) is 2.36. The number of nitrogens with two attached hydrogens (primary N) is 1. The van der Waals surface area contributed by atoms with Gasteiger partial charge in [-0.05, 0) is 41.8 Å². The highest BCUT2D eigenvalue weighted by Crippen LogP contribution is 2.33. The van der Waals surface area contributed by atoms with E-state index in [4.69, 9.17) is 10.3 Å². The quantitative estimate of drug-likeness (QED) is 0.320. The largest absolute Gasteiger partial charge is 0.507 e. The lowest BCUT2D eigenvalue weighted by Crippen LogP contribution is -2.04. The van der Waals surface area contributed by atoms with Gasteiger partial charge in [-0.2, -0.15) is 16.8 Å². The Morgan fingerprint density at radius 3 is 2.19 bits per heavy atom. The lowest BCUT2D eigenvalue weighted by molar-refractivity contribution is 0.471.